The summed E-state index contributed by atoms with van der Waals surface area (Å²) >= 11 is 0. The van der Waals surface area contributed by atoms with Crippen molar-refractivity contribution < 1.29 is 23.4 Å². The molecule has 14 heavy (non-hydrogen) atoms. The van der Waals surface area contributed by atoms with Crippen molar-refractivity contribution in [3.05, 3.63) is 35.6 Å². The minimum absolute atomic E-state index is 0.522. The maximum absolute atomic E-state index is 12.9. The van der Waals surface area contributed by atoms with Gasteiger partial charge in [0, 0.05) is 5.56 Å². The molecule has 1 aromatic carbocycles. The van der Waals surface area contributed by atoms with Gasteiger partial charge in [0.25, 0.3) is 5.92 Å². The summed E-state index contributed by atoms with van der Waals surface area (Å²) in [7, 11) is 0. The van der Waals surface area contributed by atoms with Crippen LogP contribution in [-0.4, -0.2) is 22.7 Å². The van der Waals surface area contributed by atoms with Crippen LogP contribution >= 0.6 is 0 Å². The number of aliphatic hydroxyl groups excluding tert-OH is 2. The average molecular weight is 206 g/mol. The fourth-order valence-electron chi connectivity index (χ4n) is 1.01. The van der Waals surface area contributed by atoms with E-state index in [4.69, 9.17) is 10.2 Å². The van der Waals surface area contributed by atoms with E-state index in [-0.39, 0.29) is 0 Å². The van der Waals surface area contributed by atoms with Crippen LogP contribution in [0, 0.1) is 5.82 Å². The third-order valence-corrected chi connectivity index (χ3v) is 1.81. The van der Waals surface area contributed by atoms with E-state index in [1.165, 1.54) is 12.1 Å². The third kappa shape index (κ3) is 2.05. The van der Waals surface area contributed by atoms with E-state index in [0.717, 1.165) is 12.1 Å². The molecule has 0 aliphatic heterocycles. The van der Waals surface area contributed by atoms with Gasteiger partial charge in [-0.25, -0.2) is 13.2 Å². The first-order valence-electron chi connectivity index (χ1n) is 3.90. The molecule has 0 bridgehead atoms. The molecule has 1 aromatic rings. The number of benzene rings is 1. The van der Waals surface area contributed by atoms with E-state index < -0.39 is 30.0 Å². The molecular weight excluding hydrogens is 197 g/mol. The minimum atomic E-state index is -3.73. The quantitative estimate of drug-likeness (QED) is 0.786. The van der Waals surface area contributed by atoms with Gasteiger partial charge in [0.2, 0.25) is 0 Å². The summed E-state index contributed by atoms with van der Waals surface area (Å²) < 4.78 is 38.4. The van der Waals surface area contributed by atoms with Crippen LogP contribution in [0.25, 0.3) is 0 Å². The Morgan fingerprint density at radius 2 is 1.86 bits per heavy atom. The Morgan fingerprint density at radius 1 is 1.29 bits per heavy atom. The standard InChI is InChI=1S/C9H9F3O2/c10-7-4-2-1-3-6(7)8(14)9(11,12)5-13/h1-4,8,13-14H,5H2. The van der Waals surface area contributed by atoms with Crippen molar-refractivity contribution in [1.82, 2.24) is 0 Å². The molecule has 0 spiro atoms. The zero-order chi connectivity index (χ0) is 10.8. The van der Waals surface area contributed by atoms with E-state index in [9.17, 15) is 13.2 Å². The van der Waals surface area contributed by atoms with Crippen LogP contribution in [0.1, 0.15) is 11.7 Å². The highest BCUT2D eigenvalue weighted by Gasteiger charge is 2.39. The molecule has 0 saturated heterocycles. The molecule has 0 saturated carbocycles. The first-order chi connectivity index (χ1) is 6.49. The van der Waals surface area contributed by atoms with E-state index in [0.29, 0.717) is 0 Å². The van der Waals surface area contributed by atoms with Crippen molar-refractivity contribution in [3.63, 3.8) is 0 Å². The Kier molecular flexibility index (Phi) is 3.13. The fraction of sp³-hybridized carbons (Fsp3) is 0.333. The Morgan fingerprint density at radius 3 is 2.36 bits per heavy atom. The molecule has 0 amide bonds. The fourth-order valence-corrected chi connectivity index (χ4v) is 1.01. The summed E-state index contributed by atoms with van der Waals surface area (Å²) in [5.41, 5.74) is -0.522. The maximum Gasteiger partial charge on any atom is 0.300 e. The summed E-state index contributed by atoms with van der Waals surface area (Å²) in [5, 5.41) is 17.4. The highest BCUT2D eigenvalue weighted by atomic mass is 19.3. The molecule has 0 heterocycles. The van der Waals surface area contributed by atoms with Crippen molar-refractivity contribution in [3.8, 4) is 0 Å². The van der Waals surface area contributed by atoms with Gasteiger partial charge in [0.1, 0.15) is 18.5 Å². The molecule has 1 rings (SSSR count). The highest BCUT2D eigenvalue weighted by molar-refractivity contribution is 5.21. The topological polar surface area (TPSA) is 40.5 Å². The zero-order valence-electron chi connectivity index (χ0n) is 7.12. The second-order valence-electron chi connectivity index (χ2n) is 2.84. The Bertz CT molecular complexity index is 315. The largest absolute Gasteiger partial charge is 0.390 e. The molecule has 1 unspecified atom stereocenters. The normalized spacial score (nSPS) is 14.1. The second-order valence-corrected chi connectivity index (χ2v) is 2.84. The predicted octanol–water partition coefficient (Wildman–Crippen LogP) is 1.49. The van der Waals surface area contributed by atoms with Crippen molar-refractivity contribution in [1.29, 1.82) is 0 Å². The summed E-state index contributed by atoms with van der Waals surface area (Å²) in [4.78, 5) is 0. The van der Waals surface area contributed by atoms with Gasteiger partial charge in [-0.15, -0.1) is 0 Å². The first-order valence-corrected chi connectivity index (χ1v) is 3.90. The number of hydrogen-bond acceptors (Lipinski definition) is 2. The van der Waals surface area contributed by atoms with Crippen LogP contribution in [0.15, 0.2) is 24.3 Å². The van der Waals surface area contributed by atoms with Crippen molar-refractivity contribution in [2.75, 3.05) is 6.61 Å². The molecule has 2 nitrogen and oxygen atoms in total. The van der Waals surface area contributed by atoms with Gasteiger partial charge >= 0.3 is 0 Å². The van der Waals surface area contributed by atoms with Crippen LogP contribution in [-0.2, 0) is 0 Å². The Labute approximate surface area is 78.6 Å². The minimum Gasteiger partial charge on any atom is -0.390 e. The molecule has 0 aliphatic rings. The molecule has 0 fully saturated rings. The zero-order valence-corrected chi connectivity index (χ0v) is 7.12. The molecule has 0 aliphatic carbocycles. The van der Waals surface area contributed by atoms with Crippen LogP contribution < -0.4 is 0 Å². The molecule has 0 aromatic heterocycles. The maximum atomic E-state index is 12.9. The molecule has 78 valence electrons. The van der Waals surface area contributed by atoms with Crippen molar-refractivity contribution >= 4 is 0 Å². The van der Waals surface area contributed by atoms with Crippen LogP contribution in [0.4, 0.5) is 13.2 Å². The van der Waals surface area contributed by atoms with Gasteiger partial charge in [-0.3, -0.25) is 0 Å². The predicted molar refractivity (Wildman–Crippen MR) is 43.4 cm³/mol. The number of hydrogen-bond donors (Lipinski definition) is 2. The molecular formula is C9H9F3O2. The lowest BCUT2D eigenvalue weighted by Gasteiger charge is -2.20. The number of rotatable bonds is 3. The summed E-state index contributed by atoms with van der Waals surface area (Å²) in [6.45, 7) is -1.53. The summed E-state index contributed by atoms with van der Waals surface area (Å²) in [6.07, 6.45) is -2.33. The Hall–Kier alpha value is -1.07. The van der Waals surface area contributed by atoms with Gasteiger partial charge < -0.3 is 10.2 Å². The van der Waals surface area contributed by atoms with Gasteiger partial charge in [0.05, 0.1) is 0 Å². The third-order valence-electron chi connectivity index (χ3n) is 1.81. The van der Waals surface area contributed by atoms with E-state index in [1.54, 1.807) is 0 Å². The number of halogens is 3. The number of aliphatic hydroxyl groups is 2. The number of alkyl halides is 2. The lowest BCUT2D eigenvalue weighted by Crippen LogP contribution is -2.30. The molecule has 1 atom stereocenters. The van der Waals surface area contributed by atoms with Crippen LogP contribution in [0.3, 0.4) is 0 Å². The molecule has 2 N–H and O–H groups in total. The highest BCUT2D eigenvalue weighted by Crippen LogP contribution is 2.31. The average Bonchev–Trinajstić information content (AvgIpc) is 2.17. The van der Waals surface area contributed by atoms with Crippen LogP contribution in [0.2, 0.25) is 0 Å². The summed E-state index contributed by atoms with van der Waals surface area (Å²) in [5.74, 6) is -4.66. The lowest BCUT2D eigenvalue weighted by atomic mass is 10.0. The SMILES string of the molecule is OCC(F)(F)C(O)c1ccccc1F. The lowest BCUT2D eigenvalue weighted by molar-refractivity contribution is -0.139. The Balaban J connectivity index is 3.00. The van der Waals surface area contributed by atoms with Crippen molar-refractivity contribution in [2.24, 2.45) is 0 Å². The van der Waals surface area contributed by atoms with Gasteiger partial charge in [0.15, 0.2) is 0 Å². The summed E-state index contributed by atoms with van der Waals surface area (Å²) in [6, 6.07) is 4.66. The smallest absolute Gasteiger partial charge is 0.300 e. The second kappa shape index (κ2) is 3.98. The van der Waals surface area contributed by atoms with Gasteiger partial charge in [-0.1, -0.05) is 18.2 Å². The molecule has 0 radical (unpaired) electrons. The van der Waals surface area contributed by atoms with Crippen LogP contribution in [0.5, 0.6) is 0 Å². The first kappa shape index (κ1) is 11.0. The van der Waals surface area contributed by atoms with E-state index in [2.05, 4.69) is 0 Å². The molecule has 5 heteroatoms. The van der Waals surface area contributed by atoms with Gasteiger partial charge in [-0.05, 0) is 6.07 Å². The van der Waals surface area contributed by atoms with Gasteiger partial charge in [-0.2, -0.15) is 0 Å². The monoisotopic (exact) mass is 206 g/mol. The van der Waals surface area contributed by atoms with Crippen molar-refractivity contribution in [2.45, 2.75) is 12.0 Å². The van der Waals surface area contributed by atoms with E-state index in [1.807, 2.05) is 0 Å². The van der Waals surface area contributed by atoms with E-state index >= 15 is 0 Å².